The molecule has 3 rings (SSSR count). The van der Waals surface area contributed by atoms with E-state index in [-0.39, 0.29) is 62.6 Å². The van der Waals surface area contributed by atoms with E-state index in [1.165, 1.54) is 58.7 Å². The van der Waals surface area contributed by atoms with Gasteiger partial charge in [0.15, 0.2) is 0 Å². The molecule has 15 nitrogen and oxygen atoms in total. The van der Waals surface area contributed by atoms with Crippen molar-refractivity contribution in [3.8, 4) is 17.2 Å². The number of nitrogens with zero attached hydrogens (tertiary/aromatic N) is 5. The first-order chi connectivity index (χ1) is 21.2. The standard InChI is InChI=1S/C28H32Cl2N6O9/c1-28(2,3)45-27(38)35(25-23(29)19(42-6)13-20(43-7)24(25)30)26(37)34(4)22-14-21(31-15-32-22)33-17-9-8-16(44-11-10-41-5)12-18(17)36(39)40/h8-9,12-15H,10-11H2,1-7H3,(H,31,32,33). The zero-order valence-electron chi connectivity index (χ0n) is 25.5. The fourth-order valence-corrected chi connectivity index (χ4v) is 4.40. The summed E-state index contributed by atoms with van der Waals surface area (Å²) in [6.07, 6.45) is 0.0243. The summed E-state index contributed by atoms with van der Waals surface area (Å²) in [4.78, 5) is 48.6. The Hall–Kier alpha value is -4.60. The van der Waals surface area contributed by atoms with Crippen molar-refractivity contribution < 1.29 is 38.2 Å². The van der Waals surface area contributed by atoms with Crippen LogP contribution in [0.25, 0.3) is 0 Å². The largest absolute Gasteiger partial charge is 0.495 e. The fourth-order valence-electron chi connectivity index (χ4n) is 3.73. The number of methoxy groups -OCH3 is 3. The van der Waals surface area contributed by atoms with Gasteiger partial charge >= 0.3 is 12.1 Å². The Morgan fingerprint density at radius 2 is 1.64 bits per heavy atom. The molecular formula is C28H32Cl2N6O9. The van der Waals surface area contributed by atoms with Crippen molar-refractivity contribution in [2.45, 2.75) is 26.4 Å². The molecule has 45 heavy (non-hydrogen) atoms. The fraction of sp³-hybridized carbons (Fsp3) is 0.357. The van der Waals surface area contributed by atoms with Gasteiger partial charge in [-0.2, -0.15) is 4.90 Å². The summed E-state index contributed by atoms with van der Waals surface area (Å²) in [5, 5.41) is 14.3. The van der Waals surface area contributed by atoms with Crippen molar-refractivity contribution in [2.24, 2.45) is 0 Å². The number of nitro groups is 1. The highest BCUT2D eigenvalue weighted by Gasteiger charge is 2.37. The molecule has 0 radical (unpaired) electrons. The topological polar surface area (TPSA) is 168 Å². The SMILES string of the molecule is COCCOc1ccc(Nc2cc(N(C)C(=O)N(C(=O)OC(C)(C)C)c3c(Cl)c(OC)cc(OC)c3Cl)ncn2)c([N+](=O)[O-])c1. The summed E-state index contributed by atoms with van der Waals surface area (Å²) in [6.45, 7) is 5.36. The molecule has 0 saturated heterocycles. The molecule has 0 fully saturated rings. The van der Waals surface area contributed by atoms with Crippen LogP contribution >= 0.6 is 23.2 Å². The van der Waals surface area contributed by atoms with Gasteiger partial charge in [0.2, 0.25) is 0 Å². The lowest BCUT2D eigenvalue weighted by Gasteiger charge is -2.30. The van der Waals surface area contributed by atoms with Gasteiger partial charge in [-0.3, -0.25) is 15.0 Å². The summed E-state index contributed by atoms with van der Waals surface area (Å²) < 4.78 is 26.5. The van der Waals surface area contributed by atoms with Crippen LogP contribution in [0.5, 0.6) is 17.2 Å². The van der Waals surface area contributed by atoms with Crippen LogP contribution in [0.1, 0.15) is 20.8 Å². The number of rotatable bonds is 11. The minimum atomic E-state index is -1.10. The van der Waals surface area contributed by atoms with Gasteiger partial charge in [0, 0.05) is 26.3 Å². The van der Waals surface area contributed by atoms with Crippen LogP contribution in [0.3, 0.4) is 0 Å². The van der Waals surface area contributed by atoms with E-state index < -0.39 is 22.6 Å². The van der Waals surface area contributed by atoms with E-state index in [1.807, 2.05) is 0 Å². The number of benzene rings is 2. The molecule has 0 saturated carbocycles. The Labute approximate surface area is 269 Å². The number of nitro benzene ring substituents is 1. The zero-order chi connectivity index (χ0) is 33.5. The Morgan fingerprint density at radius 3 is 2.20 bits per heavy atom. The third kappa shape index (κ3) is 8.53. The third-order valence-corrected chi connectivity index (χ3v) is 6.54. The van der Waals surface area contributed by atoms with Crippen molar-refractivity contribution in [3.63, 3.8) is 0 Å². The molecule has 3 amide bonds. The summed E-state index contributed by atoms with van der Waals surface area (Å²) in [6, 6.07) is 6.00. The number of carbonyl (C=O) groups excluding carboxylic acids is 2. The van der Waals surface area contributed by atoms with Crippen LogP contribution in [0.15, 0.2) is 36.7 Å². The highest BCUT2D eigenvalue weighted by molar-refractivity contribution is 6.43. The normalized spacial score (nSPS) is 11.0. The highest BCUT2D eigenvalue weighted by Crippen LogP contribution is 2.47. The Bertz CT molecular complexity index is 1540. The van der Waals surface area contributed by atoms with Gasteiger partial charge in [-0.15, -0.1) is 0 Å². The van der Waals surface area contributed by atoms with Gasteiger partial charge in [-0.25, -0.2) is 19.6 Å². The molecule has 0 unspecified atom stereocenters. The molecule has 17 heteroatoms. The predicted molar refractivity (Wildman–Crippen MR) is 168 cm³/mol. The quantitative estimate of drug-likeness (QED) is 0.135. The lowest BCUT2D eigenvalue weighted by Crippen LogP contribution is -2.47. The number of nitrogens with one attached hydrogen (secondary N) is 1. The van der Waals surface area contributed by atoms with Gasteiger partial charge < -0.3 is 29.0 Å². The molecule has 1 aromatic heterocycles. The molecule has 0 bridgehead atoms. The maximum absolute atomic E-state index is 14.0. The van der Waals surface area contributed by atoms with Gasteiger partial charge in [-0.05, 0) is 32.9 Å². The van der Waals surface area contributed by atoms with Crippen LogP contribution in [0.4, 0.5) is 38.3 Å². The minimum absolute atomic E-state index is 0.00432. The van der Waals surface area contributed by atoms with Crippen molar-refractivity contribution in [2.75, 3.05) is 56.7 Å². The van der Waals surface area contributed by atoms with E-state index in [4.69, 9.17) is 46.9 Å². The number of amides is 3. The van der Waals surface area contributed by atoms with E-state index in [9.17, 15) is 19.7 Å². The minimum Gasteiger partial charge on any atom is -0.495 e. The van der Waals surface area contributed by atoms with Crippen LogP contribution in [0, 0.1) is 10.1 Å². The molecular weight excluding hydrogens is 635 g/mol. The molecule has 242 valence electrons. The van der Waals surface area contributed by atoms with E-state index in [1.54, 1.807) is 20.8 Å². The van der Waals surface area contributed by atoms with E-state index in [2.05, 4.69) is 15.3 Å². The first-order valence-electron chi connectivity index (χ1n) is 13.1. The lowest BCUT2D eigenvalue weighted by atomic mass is 10.2. The van der Waals surface area contributed by atoms with Crippen LogP contribution in [-0.2, 0) is 9.47 Å². The second kappa shape index (κ2) is 14.9. The zero-order valence-corrected chi connectivity index (χ0v) is 27.1. The van der Waals surface area contributed by atoms with Gasteiger partial charge in [-0.1, -0.05) is 23.2 Å². The lowest BCUT2D eigenvalue weighted by molar-refractivity contribution is -0.384. The first-order valence-corrected chi connectivity index (χ1v) is 13.9. The average Bonchev–Trinajstić information content (AvgIpc) is 2.98. The molecule has 3 aromatic rings. The summed E-state index contributed by atoms with van der Waals surface area (Å²) >= 11 is 13.1. The van der Waals surface area contributed by atoms with Gasteiger partial charge in [0.25, 0.3) is 5.69 Å². The van der Waals surface area contributed by atoms with Crippen LogP contribution < -0.4 is 29.3 Å². The van der Waals surface area contributed by atoms with Crippen molar-refractivity contribution in [1.82, 2.24) is 9.97 Å². The van der Waals surface area contributed by atoms with Crippen molar-refractivity contribution in [3.05, 3.63) is 56.8 Å². The smallest absolute Gasteiger partial charge is 0.423 e. The molecule has 1 N–H and O–H groups in total. The number of hydrogen-bond acceptors (Lipinski definition) is 12. The van der Waals surface area contributed by atoms with E-state index in [0.717, 1.165) is 11.2 Å². The number of imide groups is 1. The summed E-state index contributed by atoms with van der Waals surface area (Å²) in [5.41, 5.74) is -1.46. The van der Waals surface area contributed by atoms with Crippen LogP contribution in [0.2, 0.25) is 10.0 Å². The number of hydrogen-bond donors (Lipinski definition) is 1. The molecule has 0 spiro atoms. The van der Waals surface area contributed by atoms with Crippen molar-refractivity contribution >= 4 is 64.0 Å². The summed E-state index contributed by atoms with van der Waals surface area (Å²) in [7, 11) is 5.52. The Kier molecular flexibility index (Phi) is 11.6. The number of ether oxygens (including phenoxy) is 5. The Balaban J connectivity index is 2.02. The molecule has 0 atom stereocenters. The monoisotopic (exact) mass is 666 g/mol. The summed E-state index contributed by atoms with van der Waals surface area (Å²) in [5.74, 6) is 0.505. The second-order valence-corrected chi connectivity index (χ2v) is 10.8. The maximum atomic E-state index is 14.0. The number of halogens is 2. The first kappa shape index (κ1) is 34.9. The molecule has 0 aliphatic carbocycles. The third-order valence-electron chi connectivity index (χ3n) is 5.81. The average molecular weight is 668 g/mol. The van der Waals surface area contributed by atoms with Gasteiger partial charge in [0.05, 0.1) is 31.8 Å². The second-order valence-electron chi connectivity index (χ2n) is 10.1. The van der Waals surface area contributed by atoms with Crippen LogP contribution in [-0.4, -0.2) is 74.2 Å². The molecule has 1 heterocycles. The van der Waals surface area contributed by atoms with E-state index >= 15 is 0 Å². The number of aromatic nitrogens is 2. The maximum Gasteiger partial charge on any atom is 0.423 e. The number of carbonyl (C=O) groups is 2. The Morgan fingerprint density at radius 1 is 1.00 bits per heavy atom. The molecule has 2 aromatic carbocycles. The number of urea groups is 1. The van der Waals surface area contributed by atoms with Gasteiger partial charge in [0.1, 0.15) is 68.8 Å². The highest BCUT2D eigenvalue weighted by atomic mass is 35.5. The molecule has 0 aliphatic heterocycles. The van der Waals surface area contributed by atoms with E-state index in [0.29, 0.717) is 11.5 Å². The molecule has 0 aliphatic rings. The predicted octanol–water partition coefficient (Wildman–Crippen LogP) is 6.48. The van der Waals surface area contributed by atoms with Crippen molar-refractivity contribution in [1.29, 1.82) is 0 Å². The number of anilines is 4.